The second-order valence-electron chi connectivity index (χ2n) is 13.4. The number of amides is 3. The van der Waals surface area contributed by atoms with Crippen LogP contribution in [-0.2, 0) is 20.9 Å². The largest absolute Gasteiger partial charge is 0.494 e. The summed E-state index contributed by atoms with van der Waals surface area (Å²) in [5.41, 5.74) is 0.227. The zero-order chi connectivity index (χ0) is 36.1. The van der Waals surface area contributed by atoms with E-state index in [4.69, 9.17) is 9.47 Å². The molecule has 0 bridgehead atoms. The first kappa shape index (κ1) is 36.9. The summed E-state index contributed by atoms with van der Waals surface area (Å²) in [6.45, 7) is 9.53. The average molecular weight is 799 g/mol. The monoisotopic (exact) mass is 798 g/mol. The zero-order valence-electron chi connectivity index (χ0n) is 29.0. The maximum absolute atomic E-state index is 13.6. The number of rotatable bonds is 14. The van der Waals surface area contributed by atoms with Crippen LogP contribution in [-0.4, -0.2) is 108 Å². The van der Waals surface area contributed by atoms with Crippen LogP contribution in [0.5, 0.6) is 5.75 Å². The molecule has 1 aliphatic rings. The number of hydrogen-bond acceptors (Lipinski definition) is 9. The summed E-state index contributed by atoms with van der Waals surface area (Å²) < 4.78 is 14.0. The van der Waals surface area contributed by atoms with Gasteiger partial charge in [-0.2, -0.15) is 0 Å². The third-order valence-corrected chi connectivity index (χ3v) is 9.42. The quantitative estimate of drug-likeness (QED) is 0.0832. The van der Waals surface area contributed by atoms with Crippen molar-refractivity contribution in [2.45, 2.75) is 52.7 Å². The van der Waals surface area contributed by atoms with E-state index in [1.165, 1.54) is 35.4 Å². The number of benzene rings is 1. The summed E-state index contributed by atoms with van der Waals surface area (Å²) in [7, 11) is 1.46. The van der Waals surface area contributed by atoms with Gasteiger partial charge in [0.05, 0.1) is 41.9 Å². The summed E-state index contributed by atoms with van der Waals surface area (Å²) in [5, 5.41) is 7.81. The number of nitrogens with zero attached hydrogens (tertiary/aromatic N) is 6. The molecule has 0 radical (unpaired) electrons. The van der Waals surface area contributed by atoms with Crippen molar-refractivity contribution in [2.24, 2.45) is 5.41 Å². The summed E-state index contributed by atoms with van der Waals surface area (Å²) in [6, 6.07) is 8.96. The van der Waals surface area contributed by atoms with Gasteiger partial charge in [-0.05, 0) is 38.8 Å². The Hall–Kier alpha value is -4.38. The number of fused-ring (bicyclic) bond motifs is 1. The van der Waals surface area contributed by atoms with Crippen molar-refractivity contribution in [3.63, 3.8) is 0 Å². The first-order chi connectivity index (χ1) is 23.8. The molecule has 1 fully saturated rings. The molecular weight excluding hydrogens is 755 g/mol. The van der Waals surface area contributed by atoms with Crippen LogP contribution < -0.4 is 10.1 Å². The van der Waals surface area contributed by atoms with Crippen molar-refractivity contribution in [1.82, 2.24) is 39.8 Å². The molecule has 0 unspecified atom stereocenters. The Morgan fingerprint density at radius 3 is 2.36 bits per heavy atom. The molecule has 1 saturated heterocycles. The highest BCUT2D eigenvalue weighted by Crippen LogP contribution is 2.32. The number of aromatic amines is 1. The lowest BCUT2D eigenvalue weighted by molar-refractivity contribution is -0.131. The standard InChI is InChI=1S/C35H43IN8O6/c1-34(2,12-18-50-35(3,4)11-13-36)33(48)39-21-26-40-22-44(41-26)30-28-27(25(49-5)20-38-30)24(19-37-28)29(45)32(47)43-16-14-42(15-17-43)31(46)23-9-7-6-8-10-23/h6-10,19-20,22,37H,11-18,21H2,1-5H3,(H,39,48). The smallest absolute Gasteiger partial charge is 0.295 e. The molecule has 14 nitrogen and oxygen atoms in total. The molecule has 4 aromatic rings. The fourth-order valence-electron chi connectivity index (χ4n) is 5.62. The van der Waals surface area contributed by atoms with Gasteiger partial charge in [-0.15, -0.1) is 5.10 Å². The molecule has 266 valence electrons. The minimum atomic E-state index is -0.710. The number of carbonyl (C=O) groups excluding carboxylic acids is 4. The Morgan fingerprint density at radius 2 is 1.68 bits per heavy atom. The Bertz CT molecular complexity index is 1850. The highest BCUT2D eigenvalue weighted by molar-refractivity contribution is 14.1. The number of alkyl halides is 1. The van der Waals surface area contributed by atoms with E-state index in [-0.39, 0.29) is 42.6 Å². The molecule has 5 rings (SSSR count). The molecule has 1 aromatic carbocycles. The lowest BCUT2D eigenvalue weighted by Gasteiger charge is -2.34. The lowest BCUT2D eigenvalue weighted by atomic mass is 9.88. The van der Waals surface area contributed by atoms with Crippen molar-refractivity contribution in [3.8, 4) is 11.6 Å². The highest BCUT2D eigenvalue weighted by atomic mass is 127. The minimum absolute atomic E-state index is 0.100. The molecule has 0 aliphatic carbocycles. The van der Waals surface area contributed by atoms with Gasteiger partial charge in [0.25, 0.3) is 17.6 Å². The topological polar surface area (TPSA) is 165 Å². The number of piperazine rings is 1. The number of hydrogen-bond donors (Lipinski definition) is 2. The van der Waals surface area contributed by atoms with Gasteiger partial charge in [0.1, 0.15) is 12.1 Å². The van der Waals surface area contributed by atoms with Gasteiger partial charge in [-0.1, -0.05) is 54.6 Å². The highest BCUT2D eigenvalue weighted by Gasteiger charge is 2.32. The van der Waals surface area contributed by atoms with Gasteiger partial charge in [0.2, 0.25) is 5.91 Å². The van der Waals surface area contributed by atoms with Crippen molar-refractivity contribution in [1.29, 1.82) is 0 Å². The number of ketones is 1. The summed E-state index contributed by atoms with van der Waals surface area (Å²) in [4.78, 5) is 67.9. The predicted octanol–water partition coefficient (Wildman–Crippen LogP) is 3.97. The number of nitrogens with one attached hydrogen (secondary N) is 2. The molecule has 50 heavy (non-hydrogen) atoms. The molecule has 15 heteroatoms. The van der Waals surface area contributed by atoms with Gasteiger partial charge >= 0.3 is 0 Å². The van der Waals surface area contributed by atoms with Crippen LogP contribution in [0.15, 0.2) is 49.1 Å². The molecule has 3 amide bonds. The van der Waals surface area contributed by atoms with E-state index in [9.17, 15) is 19.2 Å². The molecule has 3 aromatic heterocycles. The molecular formula is C35H43IN8O6. The normalized spacial score (nSPS) is 13.8. The Balaban J connectivity index is 1.24. The van der Waals surface area contributed by atoms with Crippen molar-refractivity contribution in [3.05, 3.63) is 66.0 Å². The number of pyridine rings is 1. The molecule has 1 aliphatic heterocycles. The van der Waals surface area contributed by atoms with E-state index in [1.807, 2.05) is 19.9 Å². The van der Waals surface area contributed by atoms with Crippen LogP contribution in [0.3, 0.4) is 0 Å². The van der Waals surface area contributed by atoms with E-state index in [0.717, 1.165) is 10.8 Å². The number of H-pyrrole nitrogens is 1. The predicted molar refractivity (Wildman–Crippen MR) is 195 cm³/mol. The lowest BCUT2D eigenvalue weighted by Crippen LogP contribution is -2.52. The third-order valence-electron chi connectivity index (χ3n) is 8.88. The summed E-state index contributed by atoms with van der Waals surface area (Å²) in [6.07, 6.45) is 5.86. The average Bonchev–Trinajstić information content (AvgIpc) is 3.78. The summed E-state index contributed by atoms with van der Waals surface area (Å²) in [5.74, 6) is -0.639. The van der Waals surface area contributed by atoms with Gasteiger partial charge in [0, 0.05) is 54.4 Å². The maximum atomic E-state index is 13.6. The second kappa shape index (κ2) is 15.7. The summed E-state index contributed by atoms with van der Waals surface area (Å²) >= 11 is 2.33. The van der Waals surface area contributed by atoms with Crippen molar-refractivity contribution in [2.75, 3.05) is 44.3 Å². The first-order valence-electron chi connectivity index (χ1n) is 16.5. The minimum Gasteiger partial charge on any atom is -0.494 e. The SMILES string of the molecule is COc1cnc(-n2cnc(CNC(=O)C(C)(C)CCOC(C)(C)CCI)n2)c2[nH]cc(C(=O)C(=O)N3CCN(C(=O)c4ccccc4)CC3)c12. The van der Waals surface area contributed by atoms with Gasteiger partial charge in [0.15, 0.2) is 11.6 Å². The van der Waals surface area contributed by atoms with Crippen LogP contribution in [0, 0.1) is 5.41 Å². The van der Waals surface area contributed by atoms with E-state index in [2.05, 4.69) is 61.8 Å². The zero-order valence-corrected chi connectivity index (χ0v) is 31.2. The number of methoxy groups -OCH3 is 1. The van der Waals surface area contributed by atoms with E-state index < -0.39 is 17.1 Å². The number of carbonyl (C=O) groups is 4. The fraction of sp³-hybridized carbons (Fsp3) is 0.457. The molecule has 0 spiro atoms. The molecule has 2 N–H and O–H groups in total. The maximum Gasteiger partial charge on any atom is 0.295 e. The van der Waals surface area contributed by atoms with E-state index in [1.54, 1.807) is 29.2 Å². The number of Topliss-reactive ketones (excluding diaryl/α,β-unsaturated/α-hetero) is 1. The van der Waals surface area contributed by atoms with E-state index in [0.29, 0.717) is 60.0 Å². The Kier molecular flexibility index (Phi) is 11.6. The number of halogens is 1. The second-order valence-corrected chi connectivity index (χ2v) is 14.4. The van der Waals surface area contributed by atoms with Crippen LogP contribution in [0.2, 0.25) is 0 Å². The van der Waals surface area contributed by atoms with Crippen LogP contribution in [0.25, 0.3) is 16.7 Å². The van der Waals surface area contributed by atoms with Crippen molar-refractivity contribution >= 4 is 57.0 Å². The van der Waals surface area contributed by atoms with Crippen LogP contribution in [0.1, 0.15) is 67.1 Å². The molecule has 0 saturated carbocycles. The van der Waals surface area contributed by atoms with Gasteiger partial charge in [-0.25, -0.2) is 14.6 Å². The Labute approximate surface area is 304 Å². The van der Waals surface area contributed by atoms with Crippen LogP contribution >= 0.6 is 22.6 Å². The molecule has 0 atom stereocenters. The van der Waals surface area contributed by atoms with Crippen molar-refractivity contribution < 1.29 is 28.7 Å². The first-order valence-corrected chi connectivity index (χ1v) is 18.0. The molecule has 4 heterocycles. The number of aromatic nitrogens is 5. The number of ether oxygens (including phenoxy) is 2. The third kappa shape index (κ3) is 8.31. The van der Waals surface area contributed by atoms with Gasteiger partial charge < -0.3 is 29.6 Å². The van der Waals surface area contributed by atoms with E-state index >= 15 is 0 Å². The van der Waals surface area contributed by atoms with Gasteiger partial charge in [-0.3, -0.25) is 19.2 Å². The van der Waals surface area contributed by atoms with Crippen LogP contribution in [0.4, 0.5) is 0 Å². The fourth-order valence-corrected chi connectivity index (χ4v) is 6.92. The Morgan fingerprint density at radius 1 is 0.980 bits per heavy atom.